The summed E-state index contributed by atoms with van der Waals surface area (Å²) < 4.78 is 5.68. The topological polar surface area (TPSA) is 41.6 Å². The zero-order valence-corrected chi connectivity index (χ0v) is 11.2. The predicted octanol–water partition coefficient (Wildman–Crippen LogP) is 1.40. The first-order valence-electron chi connectivity index (χ1n) is 6.88. The Morgan fingerprint density at radius 3 is 2.65 bits per heavy atom. The van der Waals surface area contributed by atoms with E-state index >= 15 is 0 Å². The zero-order chi connectivity index (χ0) is 12.5. The molecule has 1 aliphatic rings. The molecule has 0 aromatic carbocycles. The largest absolute Gasteiger partial charge is 0.368 e. The van der Waals surface area contributed by atoms with Crippen molar-refractivity contribution >= 4 is 5.91 Å². The number of carbonyl (C=O) groups excluding carboxylic acids is 1. The summed E-state index contributed by atoms with van der Waals surface area (Å²) in [4.78, 5) is 13.8. The van der Waals surface area contributed by atoms with Gasteiger partial charge in [0.05, 0.1) is 6.10 Å². The Labute approximate surface area is 105 Å². The third-order valence-electron chi connectivity index (χ3n) is 3.24. The molecule has 1 rings (SSSR count). The van der Waals surface area contributed by atoms with Crippen LogP contribution in [0.25, 0.3) is 0 Å². The molecule has 0 aromatic heterocycles. The van der Waals surface area contributed by atoms with E-state index < -0.39 is 0 Å². The van der Waals surface area contributed by atoms with Gasteiger partial charge in [-0.1, -0.05) is 13.3 Å². The number of hydrogen-bond donors (Lipinski definition) is 1. The van der Waals surface area contributed by atoms with Gasteiger partial charge in [0.25, 0.3) is 0 Å². The second-order valence-corrected chi connectivity index (χ2v) is 4.59. The minimum absolute atomic E-state index is 0.138. The molecule has 0 saturated carbocycles. The van der Waals surface area contributed by atoms with Crippen LogP contribution >= 0.6 is 0 Å². The first-order chi connectivity index (χ1) is 8.27. The summed E-state index contributed by atoms with van der Waals surface area (Å²) in [6, 6.07) is 0. The van der Waals surface area contributed by atoms with Crippen LogP contribution in [0.15, 0.2) is 0 Å². The molecule has 100 valence electrons. The molecule has 1 heterocycles. The van der Waals surface area contributed by atoms with Gasteiger partial charge in [0.1, 0.15) is 6.61 Å². The van der Waals surface area contributed by atoms with Crippen molar-refractivity contribution in [1.82, 2.24) is 10.2 Å². The van der Waals surface area contributed by atoms with E-state index in [0.29, 0.717) is 0 Å². The number of amides is 1. The fraction of sp³-hybridized carbons (Fsp3) is 0.923. The molecule has 0 aromatic rings. The Morgan fingerprint density at radius 2 is 2.06 bits per heavy atom. The van der Waals surface area contributed by atoms with Gasteiger partial charge >= 0.3 is 0 Å². The predicted molar refractivity (Wildman–Crippen MR) is 69.0 cm³/mol. The number of nitrogens with zero attached hydrogens (tertiary/aromatic N) is 1. The number of unbranched alkanes of at least 4 members (excludes halogenated alkanes) is 1. The lowest BCUT2D eigenvalue weighted by Gasteiger charge is -2.25. The lowest BCUT2D eigenvalue weighted by atomic mass is 10.1. The quantitative estimate of drug-likeness (QED) is 0.734. The van der Waals surface area contributed by atoms with Gasteiger partial charge in [-0.25, -0.2) is 0 Å². The molecule has 0 aliphatic carbocycles. The number of piperidine rings is 1. The number of hydrogen-bond acceptors (Lipinski definition) is 3. The lowest BCUT2D eigenvalue weighted by molar-refractivity contribution is -0.138. The highest BCUT2D eigenvalue weighted by Crippen LogP contribution is 2.07. The van der Waals surface area contributed by atoms with Crippen LogP contribution in [0, 0.1) is 0 Å². The molecular weight excluding hydrogens is 216 g/mol. The maximum Gasteiger partial charge on any atom is 0.248 e. The van der Waals surface area contributed by atoms with E-state index in [-0.39, 0.29) is 18.6 Å². The summed E-state index contributed by atoms with van der Waals surface area (Å²) >= 11 is 0. The van der Waals surface area contributed by atoms with Gasteiger partial charge in [-0.3, -0.25) is 4.79 Å². The van der Waals surface area contributed by atoms with Crippen molar-refractivity contribution in [2.75, 3.05) is 32.8 Å². The highest BCUT2D eigenvalue weighted by atomic mass is 16.5. The SMILES string of the molecule is CCCCN(CC)C(=O)COC1CCNCC1. The number of rotatable bonds is 7. The molecular formula is C13H26N2O2. The Balaban J connectivity index is 2.21. The van der Waals surface area contributed by atoms with E-state index in [4.69, 9.17) is 4.74 Å². The van der Waals surface area contributed by atoms with E-state index in [2.05, 4.69) is 12.2 Å². The third-order valence-corrected chi connectivity index (χ3v) is 3.24. The molecule has 1 aliphatic heterocycles. The molecule has 1 saturated heterocycles. The van der Waals surface area contributed by atoms with Crippen molar-refractivity contribution < 1.29 is 9.53 Å². The molecule has 0 radical (unpaired) electrons. The minimum Gasteiger partial charge on any atom is -0.368 e. The maximum atomic E-state index is 11.9. The molecule has 0 unspecified atom stereocenters. The monoisotopic (exact) mass is 242 g/mol. The number of ether oxygens (including phenoxy) is 1. The summed E-state index contributed by atoms with van der Waals surface area (Å²) in [6.07, 6.45) is 4.51. The zero-order valence-electron chi connectivity index (χ0n) is 11.2. The average Bonchev–Trinajstić information content (AvgIpc) is 2.38. The smallest absolute Gasteiger partial charge is 0.248 e. The van der Waals surface area contributed by atoms with Gasteiger partial charge < -0.3 is 15.0 Å². The number of likely N-dealkylation sites (N-methyl/N-ethyl adjacent to an activating group) is 1. The molecule has 17 heavy (non-hydrogen) atoms. The number of carbonyl (C=O) groups is 1. The molecule has 1 amide bonds. The first-order valence-corrected chi connectivity index (χ1v) is 6.88. The third kappa shape index (κ3) is 5.50. The van der Waals surface area contributed by atoms with Gasteiger partial charge in [0, 0.05) is 13.1 Å². The summed E-state index contributed by atoms with van der Waals surface area (Å²) in [7, 11) is 0. The highest BCUT2D eigenvalue weighted by Gasteiger charge is 2.17. The van der Waals surface area contributed by atoms with Crippen molar-refractivity contribution in [2.24, 2.45) is 0 Å². The summed E-state index contributed by atoms with van der Waals surface area (Å²) in [5, 5.41) is 3.29. The van der Waals surface area contributed by atoms with Crippen LogP contribution in [0.1, 0.15) is 39.5 Å². The summed E-state index contributed by atoms with van der Waals surface area (Å²) in [6.45, 7) is 8.08. The van der Waals surface area contributed by atoms with Crippen LogP contribution in [-0.2, 0) is 9.53 Å². The van der Waals surface area contributed by atoms with Gasteiger partial charge in [-0.2, -0.15) is 0 Å². The average molecular weight is 242 g/mol. The minimum atomic E-state index is 0.138. The molecule has 0 spiro atoms. The van der Waals surface area contributed by atoms with Gasteiger partial charge in [-0.15, -0.1) is 0 Å². The van der Waals surface area contributed by atoms with E-state index in [1.807, 2.05) is 11.8 Å². The maximum absolute atomic E-state index is 11.9. The van der Waals surface area contributed by atoms with Crippen LogP contribution in [0.3, 0.4) is 0 Å². The first kappa shape index (κ1) is 14.5. The second-order valence-electron chi connectivity index (χ2n) is 4.59. The van der Waals surface area contributed by atoms with Crippen LogP contribution in [0.5, 0.6) is 0 Å². The Bertz CT molecular complexity index is 215. The Hall–Kier alpha value is -0.610. The fourth-order valence-corrected chi connectivity index (χ4v) is 2.05. The normalized spacial score (nSPS) is 17.1. The van der Waals surface area contributed by atoms with Crippen LogP contribution in [0.4, 0.5) is 0 Å². The Morgan fingerprint density at radius 1 is 1.35 bits per heavy atom. The van der Waals surface area contributed by atoms with Crippen molar-refractivity contribution in [1.29, 1.82) is 0 Å². The Kier molecular flexibility index (Phi) is 7.21. The second kappa shape index (κ2) is 8.48. The van der Waals surface area contributed by atoms with E-state index in [1.54, 1.807) is 0 Å². The van der Waals surface area contributed by atoms with Crippen molar-refractivity contribution in [3.63, 3.8) is 0 Å². The van der Waals surface area contributed by atoms with E-state index in [9.17, 15) is 4.79 Å². The van der Waals surface area contributed by atoms with Gasteiger partial charge in [-0.05, 0) is 39.3 Å². The van der Waals surface area contributed by atoms with Crippen molar-refractivity contribution in [3.8, 4) is 0 Å². The fourth-order valence-electron chi connectivity index (χ4n) is 2.05. The molecule has 4 heteroatoms. The molecule has 0 atom stereocenters. The van der Waals surface area contributed by atoms with Crippen LogP contribution in [0.2, 0.25) is 0 Å². The molecule has 0 bridgehead atoms. The molecule has 1 N–H and O–H groups in total. The lowest BCUT2D eigenvalue weighted by Crippen LogP contribution is -2.38. The standard InChI is InChI=1S/C13H26N2O2/c1-3-5-10-15(4-2)13(16)11-17-12-6-8-14-9-7-12/h12,14H,3-11H2,1-2H3. The number of nitrogens with one attached hydrogen (secondary N) is 1. The summed E-state index contributed by atoms with van der Waals surface area (Å²) in [5.74, 6) is 0.138. The van der Waals surface area contributed by atoms with E-state index in [1.165, 1.54) is 0 Å². The highest BCUT2D eigenvalue weighted by molar-refractivity contribution is 5.77. The van der Waals surface area contributed by atoms with Crippen molar-refractivity contribution in [3.05, 3.63) is 0 Å². The molecule has 4 nitrogen and oxygen atoms in total. The van der Waals surface area contributed by atoms with Crippen LogP contribution < -0.4 is 5.32 Å². The summed E-state index contributed by atoms with van der Waals surface area (Å²) in [5.41, 5.74) is 0. The van der Waals surface area contributed by atoms with Crippen molar-refractivity contribution in [2.45, 2.75) is 45.6 Å². The van der Waals surface area contributed by atoms with E-state index in [0.717, 1.165) is 51.9 Å². The van der Waals surface area contributed by atoms with Gasteiger partial charge in [0.2, 0.25) is 5.91 Å². The van der Waals surface area contributed by atoms with Gasteiger partial charge in [0.15, 0.2) is 0 Å². The van der Waals surface area contributed by atoms with Crippen LogP contribution in [-0.4, -0.2) is 49.7 Å². The molecule has 1 fully saturated rings.